The molecule has 0 aromatic carbocycles. The molecule has 0 aliphatic heterocycles. The van der Waals surface area contributed by atoms with Gasteiger partial charge in [-0.15, -0.1) is 16.4 Å². The smallest absolute Gasteiger partial charge is 0.305 e. The van der Waals surface area contributed by atoms with Crippen LogP contribution in [0.25, 0.3) is 11.5 Å². The van der Waals surface area contributed by atoms with Crippen LogP contribution in [0.5, 0.6) is 0 Å². The van der Waals surface area contributed by atoms with Crippen molar-refractivity contribution in [3.8, 4) is 11.5 Å². The van der Waals surface area contributed by atoms with Gasteiger partial charge in [-0.3, -0.25) is 4.79 Å². The Kier molecular flexibility index (Phi) is 3.85. The monoisotopic (exact) mass is 295 g/mol. The molecular weight excluding hydrogens is 278 g/mol. The maximum Gasteiger partial charge on any atom is 0.305 e. The van der Waals surface area contributed by atoms with E-state index < -0.39 is 5.97 Å². The predicted molar refractivity (Wildman–Crippen MR) is 74.4 cm³/mol. The number of nitrogens with zero attached hydrogens (tertiary/aromatic N) is 5. The largest absolute Gasteiger partial charge is 0.481 e. The molecule has 0 bridgehead atoms. The van der Waals surface area contributed by atoms with E-state index in [0.717, 1.165) is 5.01 Å². The highest BCUT2D eigenvalue weighted by Gasteiger charge is 2.32. The van der Waals surface area contributed by atoms with Crippen molar-refractivity contribution in [1.29, 1.82) is 0 Å². The molecule has 0 aliphatic carbocycles. The van der Waals surface area contributed by atoms with Crippen LogP contribution >= 0.6 is 11.3 Å². The van der Waals surface area contributed by atoms with E-state index in [2.05, 4.69) is 20.5 Å². The van der Waals surface area contributed by atoms with Crippen LogP contribution in [0.15, 0.2) is 5.38 Å². The molecule has 0 spiro atoms. The quantitative estimate of drug-likeness (QED) is 0.929. The van der Waals surface area contributed by atoms with Crippen LogP contribution in [0.3, 0.4) is 0 Å². The van der Waals surface area contributed by atoms with Gasteiger partial charge in [0.2, 0.25) is 5.82 Å². The molecule has 108 valence electrons. The van der Waals surface area contributed by atoms with E-state index in [1.165, 1.54) is 11.3 Å². The Labute approximate surface area is 120 Å². The number of carbonyl (C=O) groups is 1. The van der Waals surface area contributed by atoms with Crippen molar-refractivity contribution in [2.45, 2.75) is 40.2 Å². The van der Waals surface area contributed by atoms with Gasteiger partial charge in [-0.1, -0.05) is 20.8 Å². The van der Waals surface area contributed by atoms with Gasteiger partial charge in [0.1, 0.15) is 5.69 Å². The molecule has 7 nitrogen and oxygen atoms in total. The topological polar surface area (TPSA) is 93.8 Å². The number of hydrogen-bond donors (Lipinski definition) is 1. The maximum atomic E-state index is 11.1. The first kappa shape index (κ1) is 14.6. The van der Waals surface area contributed by atoms with Gasteiger partial charge >= 0.3 is 5.97 Å². The predicted octanol–water partition coefficient (Wildman–Crippen LogP) is 2.17. The summed E-state index contributed by atoms with van der Waals surface area (Å²) < 4.78 is 1.57. The minimum absolute atomic E-state index is 0.0370. The summed E-state index contributed by atoms with van der Waals surface area (Å²) in [5, 5.41) is 23.6. The number of tetrazole rings is 1. The van der Waals surface area contributed by atoms with Crippen molar-refractivity contribution in [2.24, 2.45) is 5.41 Å². The van der Waals surface area contributed by atoms with Gasteiger partial charge in [-0.25, -0.2) is 9.67 Å². The van der Waals surface area contributed by atoms with Gasteiger partial charge in [-0.2, -0.15) is 0 Å². The maximum absolute atomic E-state index is 11.1. The molecule has 0 radical (unpaired) electrons. The average Bonchev–Trinajstić information content (AvgIpc) is 2.92. The number of hydrogen-bond acceptors (Lipinski definition) is 6. The third kappa shape index (κ3) is 3.01. The summed E-state index contributed by atoms with van der Waals surface area (Å²) in [4.78, 5) is 15.5. The van der Waals surface area contributed by atoms with Gasteiger partial charge in [-0.05, 0) is 22.8 Å². The molecular formula is C12H17N5O2S. The normalized spacial score (nSPS) is 13.4. The highest BCUT2D eigenvalue weighted by atomic mass is 32.1. The summed E-state index contributed by atoms with van der Waals surface area (Å²) in [5.41, 5.74) is 0.394. The van der Waals surface area contributed by atoms with E-state index in [-0.39, 0.29) is 17.9 Å². The number of rotatable bonds is 4. The van der Waals surface area contributed by atoms with Gasteiger partial charge in [0.25, 0.3) is 0 Å². The molecule has 1 atom stereocenters. The van der Waals surface area contributed by atoms with E-state index >= 15 is 0 Å². The molecule has 0 aliphatic rings. The Bertz CT molecular complexity index is 613. The fourth-order valence-corrected chi connectivity index (χ4v) is 2.55. The SMILES string of the molecule is Cc1nc(-c2nnnn2C(CC(=O)O)C(C)(C)C)cs1. The summed E-state index contributed by atoms with van der Waals surface area (Å²) in [6, 6.07) is -0.341. The summed E-state index contributed by atoms with van der Waals surface area (Å²) in [7, 11) is 0. The zero-order valence-corrected chi connectivity index (χ0v) is 12.7. The Balaban J connectivity index is 2.45. The van der Waals surface area contributed by atoms with Gasteiger partial charge < -0.3 is 5.11 Å². The molecule has 1 unspecified atom stereocenters. The summed E-state index contributed by atoms with van der Waals surface area (Å²) in [6.45, 7) is 7.82. The lowest BCUT2D eigenvalue weighted by molar-refractivity contribution is -0.138. The van der Waals surface area contributed by atoms with Crippen molar-refractivity contribution in [1.82, 2.24) is 25.2 Å². The van der Waals surface area contributed by atoms with Crippen LogP contribution < -0.4 is 0 Å². The zero-order valence-electron chi connectivity index (χ0n) is 11.9. The van der Waals surface area contributed by atoms with Crippen LogP contribution in [0.1, 0.15) is 38.2 Å². The molecule has 0 amide bonds. The van der Waals surface area contributed by atoms with Crippen molar-refractivity contribution in [2.75, 3.05) is 0 Å². The number of aliphatic carboxylic acids is 1. The number of aryl methyl sites for hydroxylation is 1. The molecule has 2 rings (SSSR count). The van der Waals surface area contributed by atoms with E-state index in [9.17, 15) is 4.79 Å². The summed E-state index contributed by atoms with van der Waals surface area (Å²) >= 11 is 1.51. The first-order valence-corrected chi connectivity index (χ1v) is 7.09. The molecule has 2 heterocycles. The van der Waals surface area contributed by atoms with Crippen LogP contribution in [0.2, 0.25) is 0 Å². The lowest BCUT2D eigenvalue weighted by atomic mass is 9.85. The minimum Gasteiger partial charge on any atom is -0.481 e. The molecule has 8 heteroatoms. The van der Waals surface area contributed by atoms with E-state index in [1.54, 1.807) is 4.68 Å². The molecule has 1 N–H and O–H groups in total. The van der Waals surface area contributed by atoms with Crippen molar-refractivity contribution >= 4 is 17.3 Å². The molecule has 2 aromatic heterocycles. The van der Waals surface area contributed by atoms with Crippen LogP contribution in [-0.2, 0) is 4.79 Å². The van der Waals surface area contributed by atoms with Crippen molar-refractivity contribution in [3.05, 3.63) is 10.4 Å². The Morgan fingerprint density at radius 2 is 2.20 bits per heavy atom. The Morgan fingerprint density at radius 1 is 1.50 bits per heavy atom. The number of carboxylic acids is 1. The number of aromatic nitrogens is 5. The Morgan fingerprint density at radius 3 is 2.70 bits per heavy atom. The second kappa shape index (κ2) is 5.28. The average molecular weight is 295 g/mol. The zero-order chi connectivity index (χ0) is 14.9. The molecule has 0 fully saturated rings. The fraction of sp³-hybridized carbons (Fsp3) is 0.583. The van der Waals surface area contributed by atoms with Gasteiger partial charge in [0, 0.05) is 5.38 Å². The third-order valence-electron chi connectivity index (χ3n) is 3.00. The molecule has 20 heavy (non-hydrogen) atoms. The molecule has 0 saturated carbocycles. The van der Waals surface area contributed by atoms with E-state index in [1.807, 2.05) is 33.1 Å². The second-order valence-electron chi connectivity index (χ2n) is 5.68. The van der Waals surface area contributed by atoms with Crippen molar-refractivity contribution < 1.29 is 9.90 Å². The van der Waals surface area contributed by atoms with Crippen LogP contribution in [0.4, 0.5) is 0 Å². The standard InChI is InChI=1S/C12H17N5O2S/c1-7-13-8(6-20-7)11-14-15-16-17(11)9(5-10(18)19)12(2,3)4/h6,9H,5H2,1-4H3,(H,18,19). The number of thiazole rings is 1. The second-order valence-corrected chi connectivity index (χ2v) is 6.74. The highest BCUT2D eigenvalue weighted by Crippen LogP contribution is 2.35. The Hall–Kier alpha value is -1.83. The fourth-order valence-electron chi connectivity index (χ4n) is 1.96. The summed E-state index contributed by atoms with van der Waals surface area (Å²) in [6.07, 6.45) is -0.0370. The first-order valence-electron chi connectivity index (χ1n) is 6.21. The van der Waals surface area contributed by atoms with Crippen molar-refractivity contribution in [3.63, 3.8) is 0 Å². The molecule has 0 saturated heterocycles. The van der Waals surface area contributed by atoms with Crippen LogP contribution in [0, 0.1) is 12.3 Å². The van der Waals surface area contributed by atoms with Crippen LogP contribution in [-0.4, -0.2) is 36.3 Å². The minimum atomic E-state index is -0.874. The van der Waals surface area contributed by atoms with E-state index in [4.69, 9.17) is 5.11 Å². The lowest BCUT2D eigenvalue weighted by Gasteiger charge is -2.29. The number of carboxylic acid groups (broad SMARTS) is 1. The lowest BCUT2D eigenvalue weighted by Crippen LogP contribution is -2.28. The summed E-state index contributed by atoms with van der Waals surface area (Å²) in [5.74, 6) is -0.364. The van der Waals surface area contributed by atoms with Gasteiger partial charge in [0.15, 0.2) is 0 Å². The van der Waals surface area contributed by atoms with E-state index in [0.29, 0.717) is 11.5 Å². The molecule has 2 aromatic rings. The first-order chi connectivity index (χ1) is 9.29. The highest BCUT2D eigenvalue weighted by molar-refractivity contribution is 7.09. The van der Waals surface area contributed by atoms with Gasteiger partial charge in [0.05, 0.1) is 17.5 Å². The third-order valence-corrected chi connectivity index (χ3v) is 3.78.